The number of benzene rings is 4. The third-order valence-electron chi connectivity index (χ3n) is 13.0. The van der Waals surface area contributed by atoms with Crippen LogP contribution >= 0.6 is 23.2 Å². The number of imide groups is 1. The number of hydrazine groups is 1. The van der Waals surface area contributed by atoms with Crippen LogP contribution in [0.25, 0.3) is 11.0 Å². The molecule has 1 aliphatic carbocycles. The SMILES string of the molecule is COc1ccc([C@@]23C(=O)N(Nc4ccc(Cl)cc4Cl)C(=O)[C@@H]2C[C@@H]2C(=CCn4c(=O)n(CCc5nc6cc(OC)c(OC)cc6n(C)c5=O)c(=O)n42)[C@@H]3c2cc(C)c(O)c(C)c2)cc1. The molecule has 2 aromatic heterocycles. The molecule has 2 aliphatic heterocycles. The van der Waals surface area contributed by atoms with Crippen molar-refractivity contribution in [1.82, 2.24) is 28.5 Å². The third kappa shape index (κ3) is 6.32. The number of phenols is 1. The number of anilines is 1. The van der Waals surface area contributed by atoms with Crippen molar-refractivity contribution in [2.24, 2.45) is 13.0 Å². The predicted molar refractivity (Wildman–Crippen MR) is 239 cm³/mol. The van der Waals surface area contributed by atoms with Gasteiger partial charge < -0.3 is 23.9 Å². The third-order valence-corrected chi connectivity index (χ3v) is 13.5. The molecule has 330 valence electrons. The van der Waals surface area contributed by atoms with Crippen molar-refractivity contribution in [2.45, 2.75) is 57.2 Å². The van der Waals surface area contributed by atoms with Gasteiger partial charge in [0.25, 0.3) is 17.4 Å². The molecule has 4 heterocycles. The average Bonchev–Trinajstić information content (AvgIpc) is 3.66. The molecule has 6 aromatic rings. The van der Waals surface area contributed by atoms with Crippen LogP contribution in [0.15, 0.2) is 92.8 Å². The molecule has 64 heavy (non-hydrogen) atoms. The number of carbonyl (C=O) groups excluding carboxylic acids is 2. The van der Waals surface area contributed by atoms with Crippen LogP contribution in [0.4, 0.5) is 5.69 Å². The number of rotatable bonds is 10. The summed E-state index contributed by atoms with van der Waals surface area (Å²) < 4.78 is 21.6. The molecule has 1 saturated heterocycles. The molecule has 9 rings (SSSR count). The molecule has 0 spiro atoms. The lowest BCUT2D eigenvalue weighted by Gasteiger charge is -2.49. The van der Waals surface area contributed by atoms with Crippen molar-refractivity contribution in [3.8, 4) is 23.0 Å². The number of nitrogens with zero attached hydrogens (tertiary/aromatic N) is 6. The second-order valence-electron chi connectivity index (χ2n) is 16.3. The number of methoxy groups -OCH3 is 3. The minimum Gasteiger partial charge on any atom is -0.507 e. The Morgan fingerprint density at radius 2 is 1.56 bits per heavy atom. The highest BCUT2D eigenvalue weighted by atomic mass is 35.5. The molecule has 4 aromatic carbocycles. The number of nitrogens with one attached hydrogen (secondary N) is 1. The van der Waals surface area contributed by atoms with Crippen molar-refractivity contribution in [3.05, 3.63) is 148 Å². The van der Waals surface area contributed by atoms with E-state index < -0.39 is 52.0 Å². The molecule has 16 nitrogen and oxygen atoms in total. The molecule has 2 fully saturated rings. The number of aromatic hydroxyl groups is 1. The molecule has 3 aliphatic rings. The van der Waals surface area contributed by atoms with E-state index in [-0.39, 0.29) is 48.1 Å². The summed E-state index contributed by atoms with van der Waals surface area (Å²) in [6, 6.07) is 17.6. The van der Waals surface area contributed by atoms with Gasteiger partial charge in [0, 0.05) is 43.1 Å². The first-order chi connectivity index (χ1) is 30.6. The van der Waals surface area contributed by atoms with Crippen LogP contribution in [-0.2, 0) is 41.6 Å². The Morgan fingerprint density at radius 3 is 2.22 bits per heavy atom. The maximum atomic E-state index is 15.6. The summed E-state index contributed by atoms with van der Waals surface area (Å²) in [6.07, 6.45) is 1.74. The number of hydrogen-bond acceptors (Lipinski definition) is 11. The summed E-state index contributed by atoms with van der Waals surface area (Å²) in [5, 5.41) is 12.5. The average molecular weight is 909 g/mol. The fourth-order valence-electron chi connectivity index (χ4n) is 9.97. The number of phenolic OH excluding ortho intramolecular Hbond substituents is 1. The van der Waals surface area contributed by atoms with E-state index in [9.17, 15) is 19.5 Å². The van der Waals surface area contributed by atoms with Crippen LogP contribution < -0.4 is 36.6 Å². The number of amides is 2. The lowest BCUT2D eigenvalue weighted by molar-refractivity contribution is -0.138. The van der Waals surface area contributed by atoms with E-state index in [1.54, 1.807) is 81.6 Å². The molecular weight excluding hydrogens is 865 g/mol. The van der Waals surface area contributed by atoms with Crippen molar-refractivity contribution >= 4 is 51.7 Å². The minimum atomic E-state index is -1.61. The summed E-state index contributed by atoms with van der Waals surface area (Å²) in [7, 11) is 6.12. The second-order valence-corrected chi connectivity index (χ2v) is 17.1. The van der Waals surface area contributed by atoms with Crippen LogP contribution in [0.5, 0.6) is 23.0 Å². The summed E-state index contributed by atoms with van der Waals surface area (Å²) in [5.74, 6) is -1.70. The number of ether oxygens (including phenoxy) is 3. The van der Waals surface area contributed by atoms with Crippen molar-refractivity contribution in [2.75, 3.05) is 26.8 Å². The van der Waals surface area contributed by atoms with E-state index in [1.807, 2.05) is 6.08 Å². The van der Waals surface area contributed by atoms with Gasteiger partial charge in [0.1, 0.15) is 17.2 Å². The first kappa shape index (κ1) is 42.5. The van der Waals surface area contributed by atoms with Gasteiger partial charge >= 0.3 is 11.4 Å². The maximum Gasteiger partial charge on any atom is 0.347 e. The normalized spacial score (nSPS) is 20.2. The van der Waals surface area contributed by atoms with E-state index in [1.165, 1.54) is 41.3 Å². The van der Waals surface area contributed by atoms with E-state index in [0.29, 0.717) is 61.1 Å². The fourth-order valence-corrected chi connectivity index (χ4v) is 10.4. The summed E-state index contributed by atoms with van der Waals surface area (Å²) in [5.41, 5.74) is 3.90. The monoisotopic (exact) mass is 907 g/mol. The number of fused-ring (bicyclic) bond motifs is 5. The van der Waals surface area contributed by atoms with E-state index in [2.05, 4.69) is 10.4 Å². The first-order valence-corrected chi connectivity index (χ1v) is 21.2. The number of allylic oxidation sites excluding steroid dienone is 2. The Bertz CT molecular complexity index is 3150. The maximum absolute atomic E-state index is 15.6. The van der Waals surface area contributed by atoms with Gasteiger partial charge in [-0.05, 0) is 78.4 Å². The highest BCUT2D eigenvalue weighted by Gasteiger charge is 2.69. The van der Waals surface area contributed by atoms with Crippen molar-refractivity contribution < 1.29 is 28.9 Å². The molecule has 0 bridgehead atoms. The van der Waals surface area contributed by atoms with Gasteiger partial charge in [0.15, 0.2) is 11.5 Å². The highest BCUT2D eigenvalue weighted by molar-refractivity contribution is 6.36. The van der Waals surface area contributed by atoms with Gasteiger partial charge in [-0.2, -0.15) is 5.01 Å². The number of aryl methyl sites for hydroxylation is 4. The Labute approximate surface area is 375 Å². The van der Waals surface area contributed by atoms with Crippen LogP contribution in [0.3, 0.4) is 0 Å². The Balaban J connectivity index is 1.19. The van der Waals surface area contributed by atoms with E-state index in [0.717, 1.165) is 9.58 Å². The van der Waals surface area contributed by atoms with Crippen molar-refractivity contribution in [3.63, 3.8) is 0 Å². The zero-order valence-corrected chi connectivity index (χ0v) is 37.2. The smallest absolute Gasteiger partial charge is 0.347 e. The van der Waals surface area contributed by atoms with Gasteiger partial charge in [0.2, 0.25) is 0 Å². The highest BCUT2D eigenvalue weighted by Crippen LogP contribution is 2.62. The predicted octanol–water partition coefficient (Wildman–Crippen LogP) is 5.57. The molecule has 1 saturated carbocycles. The van der Waals surface area contributed by atoms with Crippen LogP contribution in [0, 0.1) is 19.8 Å². The zero-order valence-electron chi connectivity index (χ0n) is 35.6. The summed E-state index contributed by atoms with van der Waals surface area (Å²) in [6.45, 7) is 3.29. The zero-order chi connectivity index (χ0) is 45.5. The lowest BCUT2D eigenvalue weighted by atomic mass is 9.53. The van der Waals surface area contributed by atoms with Gasteiger partial charge in [-0.1, -0.05) is 53.5 Å². The van der Waals surface area contributed by atoms with E-state index >= 15 is 9.59 Å². The second kappa shape index (κ2) is 15.8. The molecule has 2 amide bonds. The van der Waals surface area contributed by atoms with Crippen LogP contribution in [0.2, 0.25) is 10.0 Å². The fraction of sp³-hybridized carbons (Fsp3) is 0.304. The summed E-state index contributed by atoms with van der Waals surface area (Å²) in [4.78, 5) is 77.9. The van der Waals surface area contributed by atoms with Gasteiger partial charge in [-0.25, -0.2) is 28.5 Å². The number of carbonyl (C=O) groups is 2. The molecule has 0 unspecified atom stereocenters. The topological polar surface area (TPSA) is 181 Å². The Hall–Kier alpha value is -6.78. The summed E-state index contributed by atoms with van der Waals surface area (Å²) >= 11 is 12.8. The Morgan fingerprint density at radius 1 is 0.875 bits per heavy atom. The molecule has 4 atom stereocenters. The number of halogens is 2. The van der Waals surface area contributed by atoms with Crippen LogP contribution in [0.1, 0.15) is 46.3 Å². The van der Waals surface area contributed by atoms with Gasteiger partial charge in [0.05, 0.1) is 67.0 Å². The first-order valence-electron chi connectivity index (χ1n) is 20.4. The van der Waals surface area contributed by atoms with Gasteiger partial charge in [-0.15, -0.1) is 0 Å². The standard InChI is InChI=1S/C46H43Cl2N7O9/c1-23-17-25(18-24(2)40(23)56)39-29-13-16-53-44(60)52(15-14-33-42(58)51(3)36-22-38(64-6)37(63-5)21-34(36)49-33)45(61)55(53)35(29)20-30-41(57)54(50-32-12-9-27(47)19-31(32)48)43(59)46(30,39)26-7-10-28(62-4)11-8-26/h7-13,17-19,21-22,30,35,39,50,56H,14-16,20H2,1-6H3/t30-,35+,39-,46+/m0/s1. The van der Waals surface area contributed by atoms with Crippen molar-refractivity contribution in [1.29, 1.82) is 0 Å². The molecule has 2 N–H and O–H groups in total. The Kier molecular flexibility index (Phi) is 10.5. The van der Waals surface area contributed by atoms with E-state index in [4.69, 9.17) is 37.4 Å². The molecule has 18 heteroatoms. The molecule has 0 radical (unpaired) electrons. The number of aromatic nitrogens is 5. The van der Waals surface area contributed by atoms with Gasteiger partial charge in [-0.3, -0.25) is 19.8 Å². The van der Waals surface area contributed by atoms with Crippen LogP contribution in [-0.4, -0.2) is 66.7 Å². The quantitative estimate of drug-likeness (QED) is 0.130. The molecular formula is C46H43Cl2N7O9. The number of hydrogen-bond donors (Lipinski definition) is 2. The minimum absolute atomic E-state index is 0.0368. The lowest BCUT2D eigenvalue weighted by Crippen LogP contribution is -2.53. The largest absolute Gasteiger partial charge is 0.507 e.